The summed E-state index contributed by atoms with van der Waals surface area (Å²) in [5.41, 5.74) is 2.89. The zero-order valence-corrected chi connectivity index (χ0v) is 17.0. The first-order valence-electron chi connectivity index (χ1n) is 10.0. The summed E-state index contributed by atoms with van der Waals surface area (Å²) in [5, 5.41) is 7.54. The topological polar surface area (TPSA) is 80.9 Å². The van der Waals surface area contributed by atoms with Crippen LogP contribution in [0.1, 0.15) is 34.5 Å². The number of anilines is 1. The molecule has 0 unspecified atom stereocenters. The van der Waals surface area contributed by atoms with E-state index in [1.165, 1.54) is 0 Å². The van der Waals surface area contributed by atoms with Crippen LogP contribution in [0.15, 0.2) is 43.2 Å². The number of aromatic nitrogens is 5. The van der Waals surface area contributed by atoms with E-state index in [9.17, 15) is 4.79 Å². The zero-order valence-electron chi connectivity index (χ0n) is 17.0. The second kappa shape index (κ2) is 8.46. The van der Waals surface area contributed by atoms with Crippen molar-refractivity contribution in [3.63, 3.8) is 0 Å². The maximum Gasteiger partial charge on any atom is 0.255 e. The lowest BCUT2D eigenvalue weighted by molar-refractivity contribution is 0.0662. The number of hydrogen-bond acceptors (Lipinski definition) is 5. The first-order chi connectivity index (χ1) is 14.1. The molecular formula is C21H27N7O. The number of carbonyl (C=O) groups excluding carboxylic acids is 1. The highest BCUT2D eigenvalue weighted by atomic mass is 16.2. The Morgan fingerprint density at radius 3 is 2.90 bits per heavy atom. The van der Waals surface area contributed by atoms with Gasteiger partial charge in [0.15, 0.2) is 0 Å². The predicted molar refractivity (Wildman–Crippen MR) is 110 cm³/mol. The Balaban J connectivity index is 1.34. The van der Waals surface area contributed by atoms with E-state index in [0.717, 1.165) is 49.6 Å². The van der Waals surface area contributed by atoms with Gasteiger partial charge >= 0.3 is 0 Å². The Kier molecular flexibility index (Phi) is 5.59. The summed E-state index contributed by atoms with van der Waals surface area (Å²) in [6, 6.07) is 3.72. The monoisotopic (exact) mass is 393 g/mol. The van der Waals surface area contributed by atoms with Crippen LogP contribution < -0.4 is 5.32 Å². The van der Waals surface area contributed by atoms with Crippen LogP contribution >= 0.6 is 0 Å². The van der Waals surface area contributed by atoms with Gasteiger partial charge in [0.25, 0.3) is 5.91 Å². The number of hydrogen-bond donors (Lipinski definition) is 1. The molecule has 3 aromatic rings. The number of pyridine rings is 1. The fraction of sp³-hybridized carbons (Fsp3) is 0.429. The number of piperidine rings is 1. The van der Waals surface area contributed by atoms with E-state index in [1.54, 1.807) is 12.4 Å². The third-order valence-corrected chi connectivity index (χ3v) is 5.64. The molecule has 1 N–H and O–H groups in total. The van der Waals surface area contributed by atoms with Crippen molar-refractivity contribution in [2.45, 2.75) is 32.9 Å². The zero-order chi connectivity index (χ0) is 20.2. The molecule has 4 heterocycles. The van der Waals surface area contributed by atoms with Gasteiger partial charge in [0.05, 0.1) is 18.1 Å². The van der Waals surface area contributed by atoms with Crippen molar-refractivity contribution in [3.05, 3.63) is 60.1 Å². The molecule has 0 aliphatic carbocycles. The molecule has 4 rings (SSSR count). The number of imidazole rings is 1. The minimum Gasteiger partial charge on any atom is -0.366 e. The Bertz CT molecular complexity index is 946. The molecule has 29 heavy (non-hydrogen) atoms. The van der Waals surface area contributed by atoms with Crippen molar-refractivity contribution in [2.75, 3.05) is 18.4 Å². The van der Waals surface area contributed by atoms with Gasteiger partial charge in [-0.1, -0.05) is 0 Å². The normalized spacial score (nSPS) is 16.8. The molecule has 1 fully saturated rings. The quantitative estimate of drug-likeness (QED) is 0.696. The van der Waals surface area contributed by atoms with Crippen LogP contribution in [-0.4, -0.2) is 48.2 Å². The van der Waals surface area contributed by atoms with Crippen LogP contribution in [-0.2, 0) is 20.1 Å². The van der Waals surface area contributed by atoms with E-state index in [0.29, 0.717) is 18.0 Å². The molecule has 8 nitrogen and oxygen atoms in total. The molecule has 0 bridgehead atoms. The van der Waals surface area contributed by atoms with Crippen molar-refractivity contribution in [1.82, 2.24) is 29.2 Å². The second-order valence-electron chi connectivity index (χ2n) is 7.68. The Morgan fingerprint density at radius 2 is 2.21 bits per heavy atom. The smallest absolute Gasteiger partial charge is 0.255 e. The van der Waals surface area contributed by atoms with Crippen LogP contribution in [0.3, 0.4) is 0 Å². The third-order valence-electron chi connectivity index (χ3n) is 5.64. The molecule has 1 saturated heterocycles. The maximum atomic E-state index is 12.9. The molecule has 0 saturated carbocycles. The van der Waals surface area contributed by atoms with E-state index in [1.807, 2.05) is 54.4 Å². The SMILES string of the molecule is Cc1c(CNc2ccc(C(=O)N3CCC[C@H](Cn4ccnc4)C3)cn2)cnn1C. The number of likely N-dealkylation sites (tertiary alicyclic amines) is 1. The Labute approximate surface area is 170 Å². The van der Waals surface area contributed by atoms with Crippen molar-refractivity contribution in [3.8, 4) is 0 Å². The van der Waals surface area contributed by atoms with Crippen LogP contribution in [0.5, 0.6) is 0 Å². The second-order valence-corrected chi connectivity index (χ2v) is 7.68. The lowest BCUT2D eigenvalue weighted by atomic mass is 9.97. The largest absolute Gasteiger partial charge is 0.366 e. The summed E-state index contributed by atoms with van der Waals surface area (Å²) >= 11 is 0. The van der Waals surface area contributed by atoms with Crippen molar-refractivity contribution >= 4 is 11.7 Å². The number of nitrogens with one attached hydrogen (secondary N) is 1. The molecule has 1 atom stereocenters. The van der Waals surface area contributed by atoms with Gasteiger partial charge in [0.1, 0.15) is 5.82 Å². The fourth-order valence-corrected chi connectivity index (χ4v) is 3.80. The number of carbonyl (C=O) groups is 1. The van der Waals surface area contributed by atoms with Gasteiger partial charge in [0, 0.05) is 63.1 Å². The average molecular weight is 393 g/mol. The molecule has 0 spiro atoms. The summed E-state index contributed by atoms with van der Waals surface area (Å²) < 4.78 is 3.94. The van der Waals surface area contributed by atoms with E-state index >= 15 is 0 Å². The predicted octanol–water partition coefficient (Wildman–Crippen LogP) is 2.48. The maximum absolute atomic E-state index is 12.9. The van der Waals surface area contributed by atoms with Crippen LogP contribution in [0.25, 0.3) is 0 Å². The Hall–Kier alpha value is -3.16. The van der Waals surface area contributed by atoms with E-state index in [-0.39, 0.29) is 5.91 Å². The van der Waals surface area contributed by atoms with Crippen LogP contribution in [0.2, 0.25) is 0 Å². The molecular weight excluding hydrogens is 366 g/mol. The number of amides is 1. The van der Waals surface area contributed by atoms with Crippen LogP contribution in [0.4, 0.5) is 5.82 Å². The number of rotatable bonds is 6. The third kappa shape index (κ3) is 4.47. The van der Waals surface area contributed by atoms with Gasteiger partial charge in [-0.05, 0) is 37.8 Å². The first kappa shape index (κ1) is 19.2. The first-order valence-corrected chi connectivity index (χ1v) is 10.0. The summed E-state index contributed by atoms with van der Waals surface area (Å²) in [6.45, 7) is 5.18. The molecule has 1 aliphatic heterocycles. The van der Waals surface area contributed by atoms with Gasteiger partial charge in [-0.25, -0.2) is 9.97 Å². The van der Waals surface area contributed by atoms with Gasteiger partial charge in [0.2, 0.25) is 0 Å². The van der Waals surface area contributed by atoms with Gasteiger partial charge in [-0.15, -0.1) is 0 Å². The number of aryl methyl sites for hydroxylation is 1. The highest BCUT2D eigenvalue weighted by Crippen LogP contribution is 2.20. The van der Waals surface area contributed by atoms with Gasteiger partial charge in [-0.3, -0.25) is 9.48 Å². The van der Waals surface area contributed by atoms with Crippen molar-refractivity contribution in [1.29, 1.82) is 0 Å². The molecule has 1 aliphatic rings. The molecule has 152 valence electrons. The minimum absolute atomic E-state index is 0.0579. The highest BCUT2D eigenvalue weighted by Gasteiger charge is 2.25. The standard InChI is InChI=1S/C21H27N7O/c1-16-19(12-25-26(16)2)11-24-20-6-5-18(10-23-20)21(29)28-8-3-4-17(14-28)13-27-9-7-22-15-27/h5-7,9-10,12,15,17H,3-4,8,11,13-14H2,1-2H3,(H,23,24)/t17-/m1/s1. The molecule has 0 aromatic carbocycles. The van der Waals surface area contributed by atoms with Crippen molar-refractivity contribution in [2.24, 2.45) is 13.0 Å². The minimum atomic E-state index is 0.0579. The number of nitrogens with zero attached hydrogens (tertiary/aromatic N) is 6. The molecule has 1 amide bonds. The summed E-state index contributed by atoms with van der Waals surface area (Å²) in [5.74, 6) is 1.27. The van der Waals surface area contributed by atoms with E-state index < -0.39 is 0 Å². The van der Waals surface area contributed by atoms with Gasteiger partial charge in [-0.2, -0.15) is 5.10 Å². The summed E-state index contributed by atoms with van der Waals surface area (Å²) in [7, 11) is 1.93. The van der Waals surface area contributed by atoms with E-state index in [4.69, 9.17) is 0 Å². The molecule has 0 radical (unpaired) electrons. The molecule has 8 heteroatoms. The lowest BCUT2D eigenvalue weighted by Crippen LogP contribution is -2.41. The summed E-state index contributed by atoms with van der Waals surface area (Å²) in [4.78, 5) is 23.4. The Morgan fingerprint density at radius 1 is 1.31 bits per heavy atom. The van der Waals surface area contributed by atoms with Crippen LogP contribution in [0, 0.1) is 12.8 Å². The van der Waals surface area contributed by atoms with Gasteiger partial charge < -0.3 is 14.8 Å². The molecule has 3 aromatic heterocycles. The van der Waals surface area contributed by atoms with E-state index in [2.05, 4.69) is 25.0 Å². The fourth-order valence-electron chi connectivity index (χ4n) is 3.80. The summed E-state index contributed by atoms with van der Waals surface area (Å²) in [6.07, 6.45) is 11.3. The highest BCUT2D eigenvalue weighted by molar-refractivity contribution is 5.94. The lowest BCUT2D eigenvalue weighted by Gasteiger charge is -2.33. The van der Waals surface area contributed by atoms with Crippen molar-refractivity contribution < 1.29 is 4.79 Å². The average Bonchev–Trinajstić information content (AvgIpc) is 3.37.